The van der Waals surface area contributed by atoms with Gasteiger partial charge in [0.05, 0.1) is 11.8 Å². The Balaban J connectivity index is 1.74. The lowest BCUT2D eigenvalue weighted by Crippen LogP contribution is -2.16. The lowest BCUT2D eigenvalue weighted by Gasteiger charge is -2.18. The molecule has 0 bridgehead atoms. The second kappa shape index (κ2) is 6.06. The molecule has 1 aliphatic rings. The predicted molar refractivity (Wildman–Crippen MR) is 90.4 cm³/mol. The molecule has 3 aromatic rings. The minimum atomic E-state index is -0.835. The third-order valence-electron chi connectivity index (χ3n) is 4.28. The van der Waals surface area contributed by atoms with Crippen molar-refractivity contribution < 1.29 is 14.9 Å². The Morgan fingerprint density at radius 1 is 1.28 bits per heavy atom. The van der Waals surface area contributed by atoms with Crippen LogP contribution in [-0.4, -0.2) is 42.9 Å². The molecular weight excluding hydrogens is 322 g/mol. The van der Waals surface area contributed by atoms with Gasteiger partial charge in [0, 0.05) is 19.2 Å². The summed E-state index contributed by atoms with van der Waals surface area (Å²) in [5.74, 6) is 0.763. The van der Waals surface area contributed by atoms with Crippen molar-refractivity contribution in [3.8, 4) is 0 Å². The van der Waals surface area contributed by atoms with Crippen LogP contribution in [0.25, 0.3) is 5.65 Å². The molecule has 1 aromatic carbocycles. The number of aliphatic hydroxyl groups excluding tert-OH is 2. The molecule has 0 amide bonds. The molecule has 128 valence electrons. The van der Waals surface area contributed by atoms with E-state index in [1.54, 1.807) is 10.7 Å². The summed E-state index contributed by atoms with van der Waals surface area (Å²) < 4.78 is 7.23. The molecule has 0 spiro atoms. The van der Waals surface area contributed by atoms with E-state index in [1.807, 2.05) is 42.3 Å². The van der Waals surface area contributed by atoms with Gasteiger partial charge in [-0.25, -0.2) is 9.97 Å². The normalized spacial score (nSPS) is 21.6. The van der Waals surface area contributed by atoms with E-state index < -0.39 is 12.2 Å². The molecule has 2 atom stereocenters. The molecule has 1 fully saturated rings. The number of hydrogen-bond acceptors (Lipinski definition) is 7. The maximum atomic E-state index is 9.90. The van der Waals surface area contributed by atoms with Crippen molar-refractivity contribution in [1.29, 1.82) is 0 Å². The Labute approximate surface area is 143 Å². The molecule has 0 aliphatic carbocycles. The number of anilines is 2. The molecule has 8 nitrogen and oxygen atoms in total. The summed E-state index contributed by atoms with van der Waals surface area (Å²) in [6, 6.07) is 9.82. The molecule has 0 saturated carbocycles. The van der Waals surface area contributed by atoms with Gasteiger partial charge in [-0.3, -0.25) is 0 Å². The van der Waals surface area contributed by atoms with Crippen molar-refractivity contribution in [1.82, 2.24) is 19.6 Å². The van der Waals surface area contributed by atoms with E-state index in [0.29, 0.717) is 18.0 Å². The van der Waals surface area contributed by atoms with E-state index >= 15 is 0 Å². The van der Waals surface area contributed by atoms with Gasteiger partial charge in [0.25, 0.3) is 0 Å². The highest BCUT2D eigenvalue weighted by molar-refractivity contribution is 5.60. The molecule has 3 heterocycles. The largest absolute Gasteiger partial charge is 0.512 e. The van der Waals surface area contributed by atoms with Crippen LogP contribution in [0.3, 0.4) is 0 Å². The van der Waals surface area contributed by atoms with Crippen molar-refractivity contribution in [2.24, 2.45) is 0 Å². The zero-order valence-electron chi connectivity index (χ0n) is 13.5. The van der Waals surface area contributed by atoms with Crippen molar-refractivity contribution in [3.05, 3.63) is 60.4 Å². The number of para-hydroxylation sites is 1. The van der Waals surface area contributed by atoms with Crippen LogP contribution in [-0.2, 0) is 4.74 Å². The number of aromatic nitrogens is 4. The smallest absolute Gasteiger partial charge is 0.234 e. The van der Waals surface area contributed by atoms with Crippen LogP contribution in [0, 0.1) is 0 Å². The van der Waals surface area contributed by atoms with Crippen LogP contribution in [0.4, 0.5) is 11.6 Å². The second-order valence-corrected chi connectivity index (χ2v) is 5.79. The fourth-order valence-electron chi connectivity index (χ4n) is 2.96. The standard InChI is InChI=1S/C17H17N5O3/c1-21(11-5-3-2-4-6-11)17-19-10-18-16-12(8-20-22(16)17)14-7-13(24)15(9-23)25-14/h2-6,8-10,13-14,23-24H,7H2,1H3/b15-9-. The van der Waals surface area contributed by atoms with Gasteiger partial charge in [0.15, 0.2) is 11.4 Å². The summed E-state index contributed by atoms with van der Waals surface area (Å²) in [5, 5.41) is 23.4. The first-order chi connectivity index (χ1) is 12.2. The fraction of sp³-hybridized carbons (Fsp3) is 0.235. The predicted octanol–water partition coefficient (Wildman–Crippen LogP) is 2.11. The van der Waals surface area contributed by atoms with E-state index in [0.717, 1.165) is 17.5 Å². The molecule has 2 N–H and O–H groups in total. The van der Waals surface area contributed by atoms with E-state index in [-0.39, 0.29) is 5.76 Å². The topological polar surface area (TPSA) is 96.0 Å². The minimum absolute atomic E-state index is 0.153. The first-order valence-electron chi connectivity index (χ1n) is 7.85. The van der Waals surface area contributed by atoms with Gasteiger partial charge in [-0.05, 0) is 12.1 Å². The molecule has 4 rings (SSSR count). The van der Waals surface area contributed by atoms with Crippen molar-refractivity contribution in [2.45, 2.75) is 18.6 Å². The Kier molecular flexibility index (Phi) is 3.73. The summed E-state index contributed by atoms with van der Waals surface area (Å²) in [6.07, 6.45) is 3.00. The van der Waals surface area contributed by atoms with Crippen molar-refractivity contribution in [3.63, 3.8) is 0 Å². The highest BCUT2D eigenvalue weighted by atomic mass is 16.5. The van der Waals surface area contributed by atoms with Crippen LogP contribution in [0.5, 0.6) is 0 Å². The minimum Gasteiger partial charge on any atom is -0.512 e. The first kappa shape index (κ1) is 15.4. The van der Waals surface area contributed by atoms with Crippen molar-refractivity contribution in [2.75, 3.05) is 11.9 Å². The molecular formula is C17H17N5O3. The fourth-order valence-corrected chi connectivity index (χ4v) is 2.96. The third-order valence-corrected chi connectivity index (χ3v) is 4.28. The van der Waals surface area contributed by atoms with Crippen LogP contribution in [0.1, 0.15) is 18.1 Å². The van der Waals surface area contributed by atoms with E-state index in [4.69, 9.17) is 9.84 Å². The van der Waals surface area contributed by atoms with Gasteiger partial charge < -0.3 is 19.8 Å². The number of ether oxygens (including phenoxy) is 1. The highest BCUT2D eigenvalue weighted by Crippen LogP contribution is 2.37. The molecule has 2 unspecified atom stereocenters. The number of hydrogen-bond donors (Lipinski definition) is 2. The van der Waals surface area contributed by atoms with Crippen LogP contribution < -0.4 is 4.90 Å². The number of nitrogens with zero attached hydrogens (tertiary/aromatic N) is 5. The van der Waals surface area contributed by atoms with Crippen LogP contribution in [0.15, 0.2) is 54.9 Å². The maximum Gasteiger partial charge on any atom is 0.234 e. The Hall–Kier alpha value is -3.13. The van der Waals surface area contributed by atoms with E-state index in [1.165, 1.54) is 6.33 Å². The van der Waals surface area contributed by atoms with Crippen LogP contribution in [0.2, 0.25) is 0 Å². The highest BCUT2D eigenvalue weighted by Gasteiger charge is 2.33. The van der Waals surface area contributed by atoms with E-state index in [9.17, 15) is 5.11 Å². The first-order valence-corrected chi connectivity index (χ1v) is 7.85. The van der Waals surface area contributed by atoms with E-state index in [2.05, 4.69) is 15.1 Å². The summed E-state index contributed by atoms with van der Waals surface area (Å²) in [4.78, 5) is 10.6. The molecule has 8 heteroatoms. The zero-order chi connectivity index (χ0) is 17.4. The quantitative estimate of drug-likeness (QED) is 0.706. The van der Waals surface area contributed by atoms with Gasteiger partial charge in [-0.2, -0.15) is 9.61 Å². The second-order valence-electron chi connectivity index (χ2n) is 5.79. The lowest BCUT2D eigenvalue weighted by atomic mass is 10.1. The number of aliphatic hydroxyl groups is 2. The summed E-state index contributed by atoms with van der Waals surface area (Å²) in [5.41, 5.74) is 2.31. The van der Waals surface area contributed by atoms with Gasteiger partial charge in [0.1, 0.15) is 24.8 Å². The van der Waals surface area contributed by atoms with Gasteiger partial charge in [-0.15, -0.1) is 0 Å². The number of rotatable bonds is 3. The SMILES string of the molecule is CN(c1ccccc1)c1ncnc2c(C3CC(O)/C(=C/O)O3)cnn12. The summed E-state index contributed by atoms with van der Waals surface area (Å²) in [7, 11) is 1.90. The Morgan fingerprint density at radius 3 is 2.80 bits per heavy atom. The third kappa shape index (κ3) is 2.56. The molecule has 0 radical (unpaired) electrons. The van der Waals surface area contributed by atoms with Gasteiger partial charge >= 0.3 is 0 Å². The average Bonchev–Trinajstić information content (AvgIpc) is 3.24. The monoisotopic (exact) mass is 339 g/mol. The maximum absolute atomic E-state index is 9.90. The summed E-state index contributed by atoms with van der Waals surface area (Å²) >= 11 is 0. The Bertz CT molecular complexity index is 924. The van der Waals surface area contributed by atoms with Crippen molar-refractivity contribution >= 4 is 17.3 Å². The molecule has 2 aromatic heterocycles. The number of benzene rings is 1. The lowest BCUT2D eigenvalue weighted by molar-refractivity contribution is 0.147. The van der Waals surface area contributed by atoms with Gasteiger partial charge in [0.2, 0.25) is 5.95 Å². The van der Waals surface area contributed by atoms with Gasteiger partial charge in [-0.1, -0.05) is 18.2 Å². The Morgan fingerprint density at radius 2 is 2.08 bits per heavy atom. The summed E-state index contributed by atoms with van der Waals surface area (Å²) in [6.45, 7) is 0. The molecule has 25 heavy (non-hydrogen) atoms. The average molecular weight is 339 g/mol. The zero-order valence-corrected chi connectivity index (χ0v) is 13.5. The number of fused-ring (bicyclic) bond motifs is 1. The molecule has 1 aliphatic heterocycles. The van der Waals surface area contributed by atoms with Crippen LogP contribution >= 0.6 is 0 Å². The molecule has 1 saturated heterocycles.